The first-order valence-corrected chi connectivity index (χ1v) is 8.90. The van der Waals surface area contributed by atoms with E-state index in [-0.39, 0.29) is 19.2 Å². The topological polar surface area (TPSA) is 0 Å². The second kappa shape index (κ2) is 6.55. The fourth-order valence-corrected chi connectivity index (χ4v) is 5.62. The van der Waals surface area contributed by atoms with Crippen LogP contribution in [0.1, 0.15) is 30.7 Å². The zero-order valence-corrected chi connectivity index (χ0v) is 13.5. The Balaban J connectivity index is 0.000000636. The van der Waals surface area contributed by atoms with E-state index in [1.807, 2.05) is 0 Å². The summed E-state index contributed by atoms with van der Waals surface area (Å²) in [5, 5.41) is 0. The summed E-state index contributed by atoms with van der Waals surface area (Å²) in [6.07, 6.45) is 9.43. The third kappa shape index (κ3) is 2.81. The van der Waals surface area contributed by atoms with Crippen molar-refractivity contribution < 1.29 is 23.5 Å². The van der Waals surface area contributed by atoms with Crippen LogP contribution >= 0.6 is 0 Å². The number of hydrogen-bond acceptors (Lipinski definition) is 0. The van der Waals surface area contributed by atoms with Crippen molar-refractivity contribution in [3.63, 3.8) is 0 Å². The smallest absolute Gasteiger partial charge is 0.0785 e. The molecule has 2 aromatic carbocycles. The van der Waals surface area contributed by atoms with E-state index in [0.29, 0.717) is 15.6 Å². The van der Waals surface area contributed by atoms with Crippen LogP contribution in [0.25, 0.3) is 12.2 Å². The molecule has 0 heterocycles. The summed E-state index contributed by atoms with van der Waals surface area (Å²) in [6, 6.07) is 17.7. The molecule has 2 unspecified atom stereocenters. The Kier molecular flexibility index (Phi) is 4.52. The Morgan fingerprint density at radius 2 is 1.14 bits per heavy atom. The van der Waals surface area contributed by atoms with Crippen LogP contribution in [-0.2, 0) is 19.2 Å². The minimum Gasteiger partial charge on any atom is -0.255 e. The Morgan fingerprint density at radius 1 is 0.714 bits per heavy atom. The monoisotopic (exact) mass is 312 g/mol. The summed E-state index contributed by atoms with van der Waals surface area (Å²) in [5.41, 5.74) is 5.93. The Hall–Kier alpha value is -1.44. The Labute approximate surface area is 134 Å². The molecule has 0 nitrogen and oxygen atoms in total. The first-order valence-electron chi connectivity index (χ1n) is 7.10. The largest absolute Gasteiger partial charge is 0.255 e. The van der Waals surface area contributed by atoms with E-state index in [1.54, 1.807) is 11.1 Å². The maximum absolute atomic E-state index is 9.50. The van der Waals surface area contributed by atoms with E-state index in [1.165, 1.54) is 11.1 Å². The van der Waals surface area contributed by atoms with Crippen LogP contribution < -0.4 is 0 Å². The van der Waals surface area contributed by atoms with E-state index in [2.05, 4.69) is 72.8 Å². The molecule has 2 aromatic rings. The molecular formula is C19H17FTi. The predicted molar refractivity (Wildman–Crippen MR) is 83.5 cm³/mol. The Bertz CT molecular complexity index is 628. The van der Waals surface area contributed by atoms with Gasteiger partial charge in [-0.1, -0.05) is 0 Å². The van der Waals surface area contributed by atoms with Crippen LogP contribution in [0.5, 0.6) is 0 Å². The number of fused-ring (bicyclic) bond motifs is 2. The summed E-state index contributed by atoms with van der Waals surface area (Å²) in [4.78, 5) is 0. The van der Waals surface area contributed by atoms with Gasteiger partial charge >= 0.3 is 123 Å². The summed E-state index contributed by atoms with van der Waals surface area (Å²) in [6.45, 7) is 0. The maximum Gasteiger partial charge on any atom is 0.0785 e. The number of alkyl halides is 1. The van der Waals surface area contributed by atoms with Gasteiger partial charge in [0.15, 0.2) is 0 Å². The van der Waals surface area contributed by atoms with Gasteiger partial charge in [-0.2, -0.15) is 0 Å². The normalized spacial score (nSPS) is 20.5. The molecule has 2 aliphatic carbocycles. The van der Waals surface area contributed by atoms with E-state index in [9.17, 15) is 4.39 Å². The van der Waals surface area contributed by atoms with Gasteiger partial charge < -0.3 is 0 Å². The quantitative estimate of drug-likeness (QED) is 0.669. The molecule has 4 rings (SSSR count). The number of hydrogen-bond donors (Lipinski definition) is 0. The molecule has 0 N–H and O–H groups in total. The molecule has 104 valence electrons. The molecule has 0 amide bonds. The van der Waals surface area contributed by atoms with Crippen molar-refractivity contribution >= 4 is 12.2 Å². The second-order valence-electron chi connectivity index (χ2n) is 5.10. The van der Waals surface area contributed by atoms with E-state index in [0.717, 1.165) is 0 Å². The average Bonchev–Trinajstić information content (AvgIpc) is 3.15. The van der Waals surface area contributed by atoms with Gasteiger partial charge in [-0.25, -0.2) is 0 Å². The minimum atomic E-state index is -0.0859. The van der Waals surface area contributed by atoms with E-state index >= 15 is 0 Å². The predicted octanol–water partition coefficient (Wildman–Crippen LogP) is 5.19. The van der Waals surface area contributed by atoms with Crippen LogP contribution in [0.15, 0.2) is 60.7 Å². The molecular weight excluding hydrogens is 295 g/mol. The third-order valence-corrected chi connectivity index (χ3v) is 6.65. The zero-order valence-electron chi connectivity index (χ0n) is 12.0. The Morgan fingerprint density at radius 3 is 1.62 bits per heavy atom. The molecule has 0 aromatic heterocycles. The first kappa shape index (κ1) is 14.5. The first-order chi connectivity index (χ1) is 10.4. The minimum absolute atomic E-state index is 0.0859. The van der Waals surface area contributed by atoms with Crippen LogP contribution in [0.2, 0.25) is 0 Å². The number of allylic oxidation sites excluding steroid dienone is 2. The van der Waals surface area contributed by atoms with Crippen molar-refractivity contribution in [2.45, 2.75) is 8.45 Å². The summed E-state index contributed by atoms with van der Waals surface area (Å²) < 4.78 is 10.9. The number of benzene rings is 2. The summed E-state index contributed by atoms with van der Waals surface area (Å²) >= 11 is -0.0859. The molecule has 0 spiro atoms. The van der Waals surface area contributed by atoms with Gasteiger partial charge in [0, 0.05) is 0 Å². The maximum atomic E-state index is 9.50. The average molecular weight is 312 g/mol. The van der Waals surface area contributed by atoms with Crippen LogP contribution in [0, 0.1) is 0 Å². The molecule has 0 fully saturated rings. The fraction of sp³-hybridized carbons (Fsp3) is 0.158. The fourth-order valence-electron chi connectivity index (χ4n) is 2.98. The van der Waals surface area contributed by atoms with Crippen molar-refractivity contribution in [3.05, 3.63) is 82.9 Å². The van der Waals surface area contributed by atoms with Crippen molar-refractivity contribution in [2.24, 2.45) is 0 Å². The third-order valence-electron chi connectivity index (χ3n) is 3.96. The molecule has 0 radical (unpaired) electrons. The van der Waals surface area contributed by atoms with Crippen molar-refractivity contribution in [1.29, 1.82) is 0 Å². The van der Waals surface area contributed by atoms with Gasteiger partial charge in [-0.15, -0.1) is 0 Å². The standard InChI is InChI=1S/2C9H7.CH3F.Ti/c2*1-2-5-9-7-3-6-8(9)4-1;1-2;/h2*1-7H;1H3;. The van der Waals surface area contributed by atoms with Gasteiger partial charge in [0.05, 0.1) is 7.18 Å². The SMILES string of the molecule is C1=C[CH]([Ti][CH]2C=Cc3ccccc32)c2ccccc21.CF. The molecule has 2 heteroatoms. The van der Waals surface area contributed by atoms with Gasteiger partial charge in [0.25, 0.3) is 0 Å². The van der Waals surface area contributed by atoms with Gasteiger partial charge in [-0.05, 0) is 0 Å². The van der Waals surface area contributed by atoms with Gasteiger partial charge in [-0.3, -0.25) is 4.39 Å². The molecule has 2 atom stereocenters. The van der Waals surface area contributed by atoms with Crippen molar-refractivity contribution in [2.75, 3.05) is 7.18 Å². The molecule has 21 heavy (non-hydrogen) atoms. The van der Waals surface area contributed by atoms with E-state index in [4.69, 9.17) is 0 Å². The molecule has 0 saturated heterocycles. The molecule has 2 aliphatic rings. The number of halogens is 1. The summed E-state index contributed by atoms with van der Waals surface area (Å²) in [7, 11) is 0.500. The van der Waals surface area contributed by atoms with Gasteiger partial charge in [0.2, 0.25) is 0 Å². The number of rotatable bonds is 2. The van der Waals surface area contributed by atoms with Crippen LogP contribution in [-0.4, -0.2) is 7.18 Å². The van der Waals surface area contributed by atoms with Crippen molar-refractivity contribution in [3.8, 4) is 0 Å². The van der Waals surface area contributed by atoms with Crippen LogP contribution in [0.3, 0.4) is 0 Å². The van der Waals surface area contributed by atoms with Crippen LogP contribution in [0.4, 0.5) is 4.39 Å². The second-order valence-corrected chi connectivity index (χ2v) is 7.56. The summed E-state index contributed by atoms with van der Waals surface area (Å²) in [5.74, 6) is 0. The molecule has 0 saturated carbocycles. The van der Waals surface area contributed by atoms with Gasteiger partial charge in [0.1, 0.15) is 0 Å². The zero-order chi connectivity index (χ0) is 14.7. The molecule has 0 bridgehead atoms. The molecule has 0 aliphatic heterocycles. The van der Waals surface area contributed by atoms with E-state index < -0.39 is 0 Å². The van der Waals surface area contributed by atoms with Crippen molar-refractivity contribution in [1.82, 2.24) is 0 Å².